The van der Waals surface area contributed by atoms with E-state index in [1.165, 1.54) is 0 Å². The molecule has 28 heavy (non-hydrogen) atoms. The molecule has 0 aromatic carbocycles. The number of anilines is 2. The molecule has 1 aliphatic rings. The van der Waals surface area contributed by atoms with Gasteiger partial charge in [-0.2, -0.15) is 0 Å². The normalized spacial score (nSPS) is 16.6. The number of nitrogens with one attached hydrogen (secondary N) is 2. The number of H-pyrrole nitrogens is 1. The van der Waals surface area contributed by atoms with E-state index in [9.17, 15) is 4.79 Å². The number of imidazole rings is 1. The fourth-order valence-corrected chi connectivity index (χ4v) is 3.26. The van der Waals surface area contributed by atoms with Gasteiger partial charge < -0.3 is 15.2 Å². The van der Waals surface area contributed by atoms with E-state index in [1.807, 2.05) is 36.1 Å². The summed E-state index contributed by atoms with van der Waals surface area (Å²) < 4.78 is 0. The lowest BCUT2D eigenvalue weighted by Gasteiger charge is -2.15. The Morgan fingerprint density at radius 2 is 2.25 bits per heavy atom. The van der Waals surface area contributed by atoms with Crippen molar-refractivity contribution in [3.05, 3.63) is 66.3 Å². The Kier molecular flexibility index (Phi) is 5.09. The summed E-state index contributed by atoms with van der Waals surface area (Å²) in [4.78, 5) is 34.5. The molecule has 0 aliphatic carbocycles. The van der Waals surface area contributed by atoms with Crippen molar-refractivity contribution in [3.8, 4) is 0 Å². The van der Waals surface area contributed by atoms with Crippen LogP contribution in [0.1, 0.15) is 29.6 Å². The summed E-state index contributed by atoms with van der Waals surface area (Å²) in [6, 6.07) is 7.62. The molecular formula is C20H21N7O. The van der Waals surface area contributed by atoms with Crippen molar-refractivity contribution in [2.24, 2.45) is 0 Å². The molecule has 1 fully saturated rings. The second-order valence-corrected chi connectivity index (χ2v) is 6.68. The van der Waals surface area contributed by atoms with Crippen molar-refractivity contribution in [1.82, 2.24) is 29.8 Å². The van der Waals surface area contributed by atoms with E-state index in [1.54, 1.807) is 30.9 Å². The molecule has 0 unspecified atom stereocenters. The van der Waals surface area contributed by atoms with Crippen LogP contribution in [0.25, 0.3) is 6.08 Å². The van der Waals surface area contributed by atoms with Crippen LogP contribution < -0.4 is 5.32 Å². The van der Waals surface area contributed by atoms with Crippen LogP contribution in [0.15, 0.2) is 49.1 Å². The molecule has 2 N–H and O–H groups in total. The minimum absolute atomic E-state index is 0.00490. The fraction of sp³-hybridized carbons (Fsp3) is 0.250. The van der Waals surface area contributed by atoms with Crippen molar-refractivity contribution in [2.45, 2.75) is 19.3 Å². The minimum Gasteiger partial charge on any atom is -0.345 e. The predicted molar refractivity (Wildman–Crippen MR) is 106 cm³/mol. The maximum absolute atomic E-state index is 12.4. The molecule has 8 nitrogen and oxygen atoms in total. The first-order valence-electron chi connectivity index (χ1n) is 9.16. The van der Waals surface area contributed by atoms with Crippen LogP contribution in [-0.2, 0) is 4.79 Å². The average Bonchev–Trinajstić information content (AvgIpc) is 3.39. The smallest absolute Gasteiger partial charge is 0.246 e. The number of pyridine rings is 1. The van der Waals surface area contributed by atoms with Gasteiger partial charge >= 0.3 is 0 Å². The molecule has 8 heteroatoms. The van der Waals surface area contributed by atoms with Crippen molar-refractivity contribution in [3.63, 3.8) is 0 Å². The number of carbonyl (C=O) groups is 1. The van der Waals surface area contributed by atoms with E-state index in [2.05, 4.69) is 30.2 Å². The van der Waals surface area contributed by atoms with Crippen LogP contribution in [-0.4, -0.2) is 48.8 Å². The number of aryl methyl sites for hydroxylation is 1. The lowest BCUT2D eigenvalue weighted by molar-refractivity contribution is -0.124. The topological polar surface area (TPSA) is 99.7 Å². The molecule has 1 amide bonds. The summed E-state index contributed by atoms with van der Waals surface area (Å²) in [5.41, 5.74) is 1.75. The number of aromatic nitrogens is 5. The first kappa shape index (κ1) is 17.8. The summed E-state index contributed by atoms with van der Waals surface area (Å²) in [5, 5.41) is 3.22. The van der Waals surface area contributed by atoms with E-state index in [-0.39, 0.29) is 11.8 Å². The Bertz CT molecular complexity index is 969. The maximum atomic E-state index is 12.4. The third-order valence-corrected chi connectivity index (χ3v) is 4.62. The fourth-order valence-electron chi connectivity index (χ4n) is 3.26. The van der Waals surface area contributed by atoms with Crippen molar-refractivity contribution in [2.75, 3.05) is 18.4 Å². The number of hydrogen-bond acceptors (Lipinski definition) is 6. The number of amides is 1. The highest BCUT2D eigenvalue weighted by atomic mass is 16.2. The largest absolute Gasteiger partial charge is 0.345 e. The van der Waals surface area contributed by atoms with Crippen LogP contribution in [0, 0.1) is 6.92 Å². The quantitative estimate of drug-likeness (QED) is 0.665. The van der Waals surface area contributed by atoms with Gasteiger partial charge in [-0.3, -0.25) is 4.79 Å². The van der Waals surface area contributed by atoms with Crippen molar-refractivity contribution >= 4 is 23.6 Å². The zero-order chi connectivity index (χ0) is 19.3. The molecule has 3 aromatic rings. The van der Waals surface area contributed by atoms with E-state index in [4.69, 9.17) is 0 Å². The molecule has 0 saturated carbocycles. The van der Waals surface area contributed by atoms with Gasteiger partial charge in [0.25, 0.3) is 0 Å². The highest BCUT2D eigenvalue weighted by Gasteiger charge is 2.27. The zero-order valence-corrected chi connectivity index (χ0v) is 15.5. The highest BCUT2D eigenvalue weighted by molar-refractivity contribution is 5.91. The number of aromatic amines is 1. The third-order valence-electron chi connectivity index (χ3n) is 4.62. The summed E-state index contributed by atoms with van der Waals surface area (Å²) >= 11 is 0. The second-order valence-electron chi connectivity index (χ2n) is 6.68. The number of carbonyl (C=O) groups excluding carboxylic acids is 1. The van der Waals surface area contributed by atoms with Crippen LogP contribution in [0.4, 0.5) is 11.6 Å². The van der Waals surface area contributed by atoms with E-state index >= 15 is 0 Å². The van der Waals surface area contributed by atoms with E-state index in [0.717, 1.165) is 23.6 Å². The third kappa shape index (κ3) is 4.22. The molecule has 0 bridgehead atoms. The van der Waals surface area contributed by atoms with Gasteiger partial charge in [0, 0.05) is 37.3 Å². The molecule has 0 radical (unpaired) electrons. The zero-order valence-electron chi connectivity index (χ0n) is 15.5. The SMILES string of the molecule is Cc1nc(Nc2ccccn2)cc([C@H]2CCN(C(=O)/C=C/c3cnc[nH]3)C2)n1. The Balaban J connectivity index is 1.44. The van der Waals surface area contributed by atoms with Crippen molar-refractivity contribution < 1.29 is 4.79 Å². The first-order valence-corrected chi connectivity index (χ1v) is 9.16. The van der Waals surface area contributed by atoms with Crippen LogP contribution in [0.5, 0.6) is 0 Å². The molecule has 1 aliphatic heterocycles. The summed E-state index contributed by atoms with van der Waals surface area (Å²) in [7, 11) is 0. The molecule has 142 valence electrons. The summed E-state index contributed by atoms with van der Waals surface area (Å²) in [6.07, 6.45) is 9.19. The van der Waals surface area contributed by atoms with E-state index < -0.39 is 0 Å². The standard InChI is InChI=1S/C20H21N7O/c1-14-24-17(10-19(25-14)26-18-4-2-3-8-22-18)15-7-9-27(12-15)20(28)6-5-16-11-21-13-23-16/h2-6,8,10-11,13,15H,7,9,12H2,1H3,(H,21,23)(H,22,24,25,26)/b6-5+/t15-/m0/s1. The lowest BCUT2D eigenvalue weighted by Crippen LogP contribution is -2.26. The van der Waals surface area contributed by atoms with Gasteiger partial charge in [0.1, 0.15) is 17.5 Å². The molecule has 1 saturated heterocycles. The van der Waals surface area contributed by atoms with Crippen LogP contribution in [0.2, 0.25) is 0 Å². The minimum atomic E-state index is -0.00490. The number of hydrogen-bond donors (Lipinski definition) is 2. The maximum Gasteiger partial charge on any atom is 0.246 e. The molecule has 4 rings (SSSR count). The van der Waals surface area contributed by atoms with Crippen LogP contribution >= 0.6 is 0 Å². The summed E-state index contributed by atoms with van der Waals surface area (Å²) in [6.45, 7) is 3.23. The Hall–Kier alpha value is -3.55. The molecule has 0 spiro atoms. The highest BCUT2D eigenvalue weighted by Crippen LogP contribution is 2.28. The monoisotopic (exact) mass is 375 g/mol. The van der Waals surface area contributed by atoms with Gasteiger partial charge in [-0.05, 0) is 31.6 Å². The second kappa shape index (κ2) is 7.99. The number of likely N-dealkylation sites (tertiary alicyclic amines) is 1. The van der Waals surface area contributed by atoms with E-state index in [0.29, 0.717) is 24.7 Å². The van der Waals surface area contributed by atoms with Gasteiger partial charge in [-0.15, -0.1) is 0 Å². The first-order chi connectivity index (χ1) is 13.7. The average molecular weight is 375 g/mol. The molecule has 4 heterocycles. The Morgan fingerprint density at radius 1 is 1.32 bits per heavy atom. The van der Waals surface area contributed by atoms with Gasteiger partial charge in [-0.25, -0.2) is 19.9 Å². The molecular weight excluding hydrogens is 354 g/mol. The molecule has 3 aromatic heterocycles. The molecule has 1 atom stereocenters. The summed E-state index contributed by atoms with van der Waals surface area (Å²) in [5.74, 6) is 2.33. The Morgan fingerprint density at radius 3 is 3.04 bits per heavy atom. The Labute approximate surface area is 162 Å². The van der Waals surface area contributed by atoms with Gasteiger partial charge in [-0.1, -0.05) is 6.07 Å². The van der Waals surface area contributed by atoms with Gasteiger partial charge in [0.15, 0.2) is 0 Å². The number of nitrogens with zero attached hydrogens (tertiary/aromatic N) is 5. The lowest BCUT2D eigenvalue weighted by atomic mass is 10.0. The number of rotatable bonds is 5. The predicted octanol–water partition coefficient (Wildman–Crippen LogP) is 2.68. The van der Waals surface area contributed by atoms with Crippen LogP contribution in [0.3, 0.4) is 0 Å². The van der Waals surface area contributed by atoms with Gasteiger partial charge in [0.05, 0.1) is 23.9 Å². The van der Waals surface area contributed by atoms with Crippen molar-refractivity contribution in [1.29, 1.82) is 0 Å². The van der Waals surface area contributed by atoms with Gasteiger partial charge in [0.2, 0.25) is 5.91 Å².